The number of hydrogen-bond donors (Lipinski definition) is 2. The Labute approximate surface area is 126 Å². The van der Waals surface area contributed by atoms with Crippen molar-refractivity contribution in [2.45, 2.75) is 18.7 Å². The van der Waals surface area contributed by atoms with Crippen molar-refractivity contribution in [3.8, 4) is 0 Å². The zero-order valence-electron chi connectivity index (χ0n) is 11.0. The number of aromatic nitrogens is 1. The fraction of sp³-hybridized carbons (Fsp3) is 0.154. The van der Waals surface area contributed by atoms with E-state index in [1.165, 1.54) is 6.20 Å². The average Bonchev–Trinajstić information content (AvgIpc) is 2.36. The molecule has 0 unspecified atom stereocenters. The molecule has 2 aromatic rings. The second kappa shape index (κ2) is 5.41. The van der Waals surface area contributed by atoms with Crippen LogP contribution in [-0.2, 0) is 10.0 Å². The third-order valence-electron chi connectivity index (χ3n) is 2.88. The Bertz CT molecular complexity index is 743. The third-order valence-corrected chi connectivity index (χ3v) is 4.76. The number of benzene rings is 1. The molecule has 0 amide bonds. The lowest BCUT2D eigenvalue weighted by Crippen LogP contribution is -2.16. The van der Waals surface area contributed by atoms with Crippen molar-refractivity contribution >= 4 is 37.5 Å². The van der Waals surface area contributed by atoms with Crippen LogP contribution in [-0.4, -0.2) is 13.4 Å². The lowest BCUT2D eigenvalue weighted by molar-refractivity contribution is 0.601. The summed E-state index contributed by atoms with van der Waals surface area (Å²) in [5, 5.41) is 0. The van der Waals surface area contributed by atoms with Crippen LogP contribution in [0, 0.1) is 13.8 Å². The highest BCUT2D eigenvalue weighted by Crippen LogP contribution is 2.24. The van der Waals surface area contributed by atoms with Crippen LogP contribution in [0.25, 0.3) is 0 Å². The Morgan fingerprint density at radius 3 is 2.45 bits per heavy atom. The zero-order chi connectivity index (χ0) is 14.9. The predicted octanol–water partition coefficient (Wildman–Crippen LogP) is 2.84. The molecule has 7 heteroatoms. The third kappa shape index (κ3) is 3.10. The van der Waals surface area contributed by atoms with Gasteiger partial charge in [-0.2, -0.15) is 0 Å². The van der Waals surface area contributed by atoms with Crippen molar-refractivity contribution in [3.05, 3.63) is 46.1 Å². The average molecular weight is 356 g/mol. The number of nitrogen functional groups attached to an aromatic ring is 1. The van der Waals surface area contributed by atoms with Gasteiger partial charge in [0.05, 0.1) is 5.69 Å². The van der Waals surface area contributed by atoms with Crippen LogP contribution in [0.5, 0.6) is 0 Å². The molecular formula is C13H14BrN3O2S. The molecule has 1 aromatic heterocycles. The Kier molecular flexibility index (Phi) is 4.01. The molecule has 0 saturated carbocycles. The smallest absolute Gasteiger partial charge is 0.265 e. The van der Waals surface area contributed by atoms with Crippen LogP contribution in [0.1, 0.15) is 11.1 Å². The van der Waals surface area contributed by atoms with Crippen LogP contribution in [0.2, 0.25) is 0 Å². The second-order valence-corrected chi connectivity index (χ2v) is 7.01. The topological polar surface area (TPSA) is 85.1 Å². The Morgan fingerprint density at radius 1 is 1.20 bits per heavy atom. The molecule has 0 aliphatic rings. The summed E-state index contributed by atoms with van der Waals surface area (Å²) in [5.74, 6) is 0.242. The number of hydrogen-bond acceptors (Lipinski definition) is 4. The maximum absolute atomic E-state index is 12.3. The number of pyridine rings is 1. The number of anilines is 2. The number of nitrogens with one attached hydrogen (secondary N) is 1. The van der Waals surface area contributed by atoms with Gasteiger partial charge in [-0.05, 0) is 65.2 Å². The molecule has 0 aliphatic heterocycles. The molecule has 3 N–H and O–H groups in total. The van der Waals surface area contributed by atoms with Crippen LogP contribution in [0.4, 0.5) is 11.5 Å². The van der Waals surface area contributed by atoms with Gasteiger partial charge in [0, 0.05) is 10.7 Å². The molecule has 106 valence electrons. The minimum Gasteiger partial charge on any atom is -0.398 e. The van der Waals surface area contributed by atoms with E-state index in [1.807, 2.05) is 13.8 Å². The molecule has 0 bridgehead atoms. The Morgan fingerprint density at radius 2 is 1.85 bits per heavy atom. The van der Waals surface area contributed by atoms with Gasteiger partial charge in [-0.25, -0.2) is 13.4 Å². The van der Waals surface area contributed by atoms with Crippen molar-refractivity contribution in [2.75, 3.05) is 10.5 Å². The number of rotatable bonds is 3. The normalized spacial score (nSPS) is 11.3. The molecule has 0 fully saturated rings. The van der Waals surface area contributed by atoms with Crippen LogP contribution in [0.15, 0.2) is 39.8 Å². The van der Waals surface area contributed by atoms with Gasteiger partial charge in [0.15, 0.2) is 0 Å². The van der Waals surface area contributed by atoms with E-state index in [0.29, 0.717) is 0 Å². The predicted molar refractivity (Wildman–Crippen MR) is 83.1 cm³/mol. The molecule has 2 rings (SSSR count). The molecule has 1 aromatic carbocycles. The number of aryl methyl sites for hydroxylation is 2. The van der Waals surface area contributed by atoms with Gasteiger partial charge in [-0.3, -0.25) is 4.72 Å². The number of halogens is 1. The van der Waals surface area contributed by atoms with Gasteiger partial charge in [0.2, 0.25) is 0 Å². The first-order chi connectivity index (χ1) is 9.29. The van der Waals surface area contributed by atoms with Gasteiger partial charge in [0.1, 0.15) is 10.7 Å². The van der Waals surface area contributed by atoms with Crippen molar-refractivity contribution in [2.24, 2.45) is 0 Å². The van der Waals surface area contributed by atoms with Crippen LogP contribution >= 0.6 is 15.9 Å². The van der Waals surface area contributed by atoms with Gasteiger partial charge in [-0.15, -0.1) is 0 Å². The fourth-order valence-electron chi connectivity index (χ4n) is 1.67. The van der Waals surface area contributed by atoms with E-state index in [-0.39, 0.29) is 16.4 Å². The van der Waals surface area contributed by atoms with Crippen molar-refractivity contribution in [3.63, 3.8) is 0 Å². The van der Waals surface area contributed by atoms with Crippen LogP contribution < -0.4 is 10.5 Å². The summed E-state index contributed by atoms with van der Waals surface area (Å²) >= 11 is 3.24. The lowest BCUT2D eigenvalue weighted by Gasteiger charge is -2.11. The molecule has 5 nitrogen and oxygen atoms in total. The molecule has 20 heavy (non-hydrogen) atoms. The monoisotopic (exact) mass is 355 g/mol. The van der Waals surface area contributed by atoms with Gasteiger partial charge < -0.3 is 5.73 Å². The van der Waals surface area contributed by atoms with E-state index in [0.717, 1.165) is 15.6 Å². The van der Waals surface area contributed by atoms with Crippen molar-refractivity contribution < 1.29 is 8.42 Å². The summed E-state index contributed by atoms with van der Waals surface area (Å²) in [7, 11) is -3.75. The summed E-state index contributed by atoms with van der Waals surface area (Å²) in [6.45, 7) is 3.72. The van der Waals surface area contributed by atoms with Crippen LogP contribution in [0.3, 0.4) is 0 Å². The maximum Gasteiger partial charge on any atom is 0.265 e. The van der Waals surface area contributed by atoms with E-state index in [9.17, 15) is 8.42 Å². The standard InChI is InChI=1S/C13H14BrN3O2S/c1-8-5-11(15)12(6-9(8)2)20(18,19)17-13-4-3-10(14)7-16-13/h3-7H,15H2,1-2H3,(H,16,17). The molecule has 0 aliphatic carbocycles. The zero-order valence-corrected chi connectivity index (χ0v) is 13.4. The lowest BCUT2D eigenvalue weighted by atomic mass is 10.1. The summed E-state index contributed by atoms with van der Waals surface area (Å²) in [6, 6.07) is 6.48. The van der Waals surface area contributed by atoms with E-state index < -0.39 is 10.0 Å². The van der Waals surface area contributed by atoms with Gasteiger partial charge in [0.25, 0.3) is 10.0 Å². The SMILES string of the molecule is Cc1cc(N)c(S(=O)(=O)Nc2ccc(Br)cn2)cc1C. The summed E-state index contributed by atoms with van der Waals surface area (Å²) in [4.78, 5) is 4.04. The Hall–Kier alpha value is -1.60. The van der Waals surface area contributed by atoms with Gasteiger partial charge in [-0.1, -0.05) is 0 Å². The quantitative estimate of drug-likeness (QED) is 0.829. The summed E-state index contributed by atoms with van der Waals surface area (Å²) in [6.07, 6.45) is 1.52. The van der Waals surface area contributed by atoms with E-state index in [4.69, 9.17) is 5.73 Å². The molecular weight excluding hydrogens is 342 g/mol. The highest BCUT2D eigenvalue weighted by atomic mass is 79.9. The molecule has 0 spiro atoms. The molecule has 1 heterocycles. The van der Waals surface area contributed by atoms with Crippen molar-refractivity contribution in [1.82, 2.24) is 4.98 Å². The maximum atomic E-state index is 12.3. The first-order valence-corrected chi connectivity index (χ1v) is 8.08. The van der Waals surface area contributed by atoms with E-state index >= 15 is 0 Å². The first-order valence-electron chi connectivity index (χ1n) is 5.81. The highest BCUT2D eigenvalue weighted by molar-refractivity contribution is 9.10. The number of nitrogens with two attached hydrogens (primary N) is 1. The minimum atomic E-state index is -3.75. The van der Waals surface area contributed by atoms with E-state index in [2.05, 4.69) is 25.6 Å². The second-order valence-electron chi connectivity index (χ2n) is 4.44. The molecule has 0 atom stereocenters. The fourth-order valence-corrected chi connectivity index (χ4v) is 3.12. The summed E-state index contributed by atoms with van der Waals surface area (Å²) in [5.41, 5.74) is 7.84. The number of nitrogens with zero attached hydrogens (tertiary/aromatic N) is 1. The highest BCUT2D eigenvalue weighted by Gasteiger charge is 2.19. The Balaban J connectivity index is 2.40. The molecule has 0 radical (unpaired) electrons. The minimum absolute atomic E-state index is 0.0605. The first kappa shape index (κ1) is 14.8. The van der Waals surface area contributed by atoms with Crippen molar-refractivity contribution in [1.29, 1.82) is 0 Å². The van der Waals surface area contributed by atoms with Gasteiger partial charge >= 0.3 is 0 Å². The largest absolute Gasteiger partial charge is 0.398 e. The number of sulfonamides is 1. The van der Waals surface area contributed by atoms with E-state index in [1.54, 1.807) is 24.3 Å². The summed E-state index contributed by atoms with van der Waals surface area (Å²) < 4.78 is 27.8. The molecule has 0 saturated heterocycles.